The smallest absolute Gasteiger partial charge is 0.423 e. The molecule has 0 heterocycles. The molecule has 1 saturated carbocycles. The average molecular weight is 251 g/mol. The molecule has 0 bridgehead atoms. The fraction of sp³-hybridized carbons (Fsp3) is 0.538. The van der Waals surface area contributed by atoms with E-state index >= 15 is 0 Å². The molecule has 0 unspecified atom stereocenters. The average Bonchev–Trinajstić information content (AvgIpc) is 2.26. The normalized spacial score (nSPS) is 15.8. The maximum atomic E-state index is 13.1. The lowest BCUT2D eigenvalue weighted by Gasteiger charge is -2.30. The number of nitrogens with zero attached hydrogens (tertiary/aromatic N) is 1. The van der Waals surface area contributed by atoms with E-state index in [0.29, 0.717) is 6.54 Å². The van der Waals surface area contributed by atoms with Gasteiger partial charge in [-0.1, -0.05) is 12.5 Å². The van der Waals surface area contributed by atoms with Crippen LogP contribution in [0.15, 0.2) is 18.2 Å². The second-order valence-corrected chi connectivity index (χ2v) is 5.21. The van der Waals surface area contributed by atoms with Gasteiger partial charge in [0.2, 0.25) is 0 Å². The summed E-state index contributed by atoms with van der Waals surface area (Å²) < 4.78 is 13.1. The molecule has 3 nitrogen and oxygen atoms in total. The van der Waals surface area contributed by atoms with E-state index in [-0.39, 0.29) is 5.46 Å². The molecular formula is C13H19BFNO2. The molecule has 1 fully saturated rings. The van der Waals surface area contributed by atoms with Crippen molar-refractivity contribution in [3.63, 3.8) is 0 Å². The van der Waals surface area contributed by atoms with Crippen LogP contribution in [-0.4, -0.2) is 35.7 Å². The first-order valence-corrected chi connectivity index (χ1v) is 6.39. The van der Waals surface area contributed by atoms with Crippen LogP contribution in [0.3, 0.4) is 0 Å². The summed E-state index contributed by atoms with van der Waals surface area (Å²) in [5.74, 6) is 0.321. The molecule has 1 aromatic rings. The van der Waals surface area contributed by atoms with Gasteiger partial charge in [-0.2, -0.15) is 0 Å². The number of halogens is 1. The summed E-state index contributed by atoms with van der Waals surface area (Å²) in [5.41, 5.74) is 1.03. The van der Waals surface area contributed by atoms with Crippen molar-refractivity contribution < 1.29 is 14.4 Å². The van der Waals surface area contributed by atoms with Crippen LogP contribution in [0.25, 0.3) is 0 Å². The Balaban J connectivity index is 2.02. The van der Waals surface area contributed by atoms with Gasteiger partial charge in [-0.15, -0.1) is 0 Å². The lowest BCUT2D eigenvalue weighted by Crippen LogP contribution is -2.37. The van der Waals surface area contributed by atoms with Gasteiger partial charge in [0.05, 0.1) is 0 Å². The molecule has 1 aromatic carbocycles. The predicted molar refractivity (Wildman–Crippen MR) is 69.9 cm³/mol. The van der Waals surface area contributed by atoms with Crippen LogP contribution < -0.4 is 5.46 Å². The van der Waals surface area contributed by atoms with Crippen LogP contribution >= 0.6 is 0 Å². The van der Waals surface area contributed by atoms with Crippen molar-refractivity contribution in [1.29, 1.82) is 0 Å². The summed E-state index contributed by atoms with van der Waals surface area (Å²) in [4.78, 5) is 2.16. The third-order valence-electron chi connectivity index (χ3n) is 3.62. The molecular weight excluding hydrogens is 232 g/mol. The standard InChI is InChI=1S/C13H19BFNO2/c1-16(8-10-3-2-4-10)9-11-5-6-12(15)7-13(11)14(17)18/h5-7,10,17-18H,2-4,8-9H2,1H3. The first-order chi connectivity index (χ1) is 8.56. The zero-order valence-corrected chi connectivity index (χ0v) is 10.6. The van der Waals surface area contributed by atoms with Gasteiger partial charge in [0, 0.05) is 13.1 Å². The Morgan fingerprint density at radius 3 is 2.67 bits per heavy atom. The summed E-state index contributed by atoms with van der Waals surface area (Å²) in [6, 6.07) is 4.18. The first-order valence-electron chi connectivity index (χ1n) is 6.39. The number of rotatable bonds is 5. The SMILES string of the molecule is CN(Cc1ccc(F)cc1B(O)O)CC1CCC1. The number of benzene rings is 1. The molecule has 2 rings (SSSR count). The van der Waals surface area contributed by atoms with Crippen molar-refractivity contribution in [2.75, 3.05) is 13.6 Å². The zero-order chi connectivity index (χ0) is 13.1. The molecule has 0 aliphatic heterocycles. The van der Waals surface area contributed by atoms with Crippen molar-refractivity contribution in [3.05, 3.63) is 29.6 Å². The van der Waals surface area contributed by atoms with Gasteiger partial charge in [0.25, 0.3) is 0 Å². The Morgan fingerprint density at radius 2 is 2.11 bits per heavy atom. The molecule has 0 saturated heterocycles. The second-order valence-electron chi connectivity index (χ2n) is 5.21. The number of hydrogen-bond acceptors (Lipinski definition) is 3. The Kier molecular flexibility index (Phi) is 4.38. The minimum atomic E-state index is -1.62. The van der Waals surface area contributed by atoms with E-state index < -0.39 is 12.9 Å². The van der Waals surface area contributed by atoms with E-state index in [2.05, 4.69) is 4.90 Å². The number of hydrogen-bond donors (Lipinski definition) is 2. The van der Waals surface area contributed by atoms with Gasteiger partial charge in [0.1, 0.15) is 5.82 Å². The third-order valence-corrected chi connectivity index (χ3v) is 3.62. The Bertz CT molecular complexity index is 410. The molecule has 18 heavy (non-hydrogen) atoms. The molecule has 0 atom stereocenters. The largest absolute Gasteiger partial charge is 0.488 e. The van der Waals surface area contributed by atoms with Crippen LogP contribution in [0.2, 0.25) is 0 Å². The monoisotopic (exact) mass is 251 g/mol. The Labute approximate surface area is 107 Å². The minimum absolute atomic E-state index is 0.260. The van der Waals surface area contributed by atoms with Gasteiger partial charge in [-0.25, -0.2) is 4.39 Å². The van der Waals surface area contributed by atoms with Crippen molar-refractivity contribution in [2.24, 2.45) is 5.92 Å². The van der Waals surface area contributed by atoms with Crippen LogP contribution in [0.4, 0.5) is 4.39 Å². The van der Waals surface area contributed by atoms with Gasteiger partial charge >= 0.3 is 7.12 Å². The third kappa shape index (κ3) is 3.31. The van der Waals surface area contributed by atoms with Crippen molar-refractivity contribution in [1.82, 2.24) is 4.90 Å². The highest BCUT2D eigenvalue weighted by molar-refractivity contribution is 6.59. The first kappa shape index (κ1) is 13.5. The summed E-state index contributed by atoms with van der Waals surface area (Å²) in [5, 5.41) is 18.5. The van der Waals surface area contributed by atoms with Gasteiger partial charge < -0.3 is 14.9 Å². The summed E-state index contributed by atoms with van der Waals surface area (Å²) in [7, 11) is 0.391. The van der Waals surface area contributed by atoms with E-state index in [1.165, 1.54) is 31.4 Å². The van der Waals surface area contributed by atoms with E-state index in [4.69, 9.17) is 0 Å². The van der Waals surface area contributed by atoms with Crippen molar-refractivity contribution in [2.45, 2.75) is 25.8 Å². The maximum absolute atomic E-state index is 13.1. The predicted octanol–water partition coefficient (Wildman–Crippen LogP) is 0.737. The van der Waals surface area contributed by atoms with Crippen LogP contribution in [0, 0.1) is 11.7 Å². The molecule has 0 amide bonds. The zero-order valence-electron chi connectivity index (χ0n) is 10.6. The van der Waals surface area contributed by atoms with E-state index in [1.807, 2.05) is 7.05 Å². The Hall–Kier alpha value is -0.905. The summed E-state index contributed by atoms with van der Waals surface area (Å²) in [6.45, 7) is 1.63. The van der Waals surface area contributed by atoms with Gasteiger partial charge in [0.15, 0.2) is 0 Å². The highest BCUT2D eigenvalue weighted by atomic mass is 19.1. The molecule has 2 N–H and O–H groups in total. The fourth-order valence-corrected chi connectivity index (χ4v) is 2.42. The van der Waals surface area contributed by atoms with E-state index in [1.54, 1.807) is 6.07 Å². The topological polar surface area (TPSA) is 43.7 Å². The van der Waals surface area contributed by atoms with Crippen LogP contribution in [0.5, 0.6) is 0 Å². The second kappa shape index (κ2) is 5.82. The van der Waals surface area contributed by atoms with Gasteiger partial charge in [-0.05, 0) is 49.0 Å². The van der Waals surface area contributed by atoms with E-state index in [9.17, 15) is 14.4 Å². The van der Waals surface area contributed by atoms with Crippen LogP contribution in [0.1, 0.15) is 24.8 Å². The van der Waals surface area contributed by atoms with Gasteiger partial charge in [-0.3, -0.25) is 0 Å². The lowest BCUT2D eigenvalue weighted by molar-refractivity contribution is 0.200. The molecule has 1 aliphatic rings. The van der Waals surface area contributed by atoms with E-state index in [0.717, 1.165) is 18.0 Å². The molecule has 0 radical (unpaired) electrons. The summed E-state index contributed by atoms with van der Waals surface area (Å²) in [6.07, 6.45) is 3.88. The Morgan fingerprint density at radius 1 is 1.39 bits per heavy atom. The molecule has 5 heteroatoms. The molecule has 1 aliphatic carbocycles. The van der Waals surface area contributed by atoms with Crippen LogP contribution in [-0.2, 0) is 6.54 Å². The highest BCUT2D eigenvalue weighted by Crippen LogP contribution is 2.27. The maximum Gasteiger partial charge on any atom is 0.488 e. The van der Waals surface area contributed by atoms with Crippen molar-refractivity contribution >= 4 is 12.6 Å². The highest BCUT2D eigenvalue weighted by Gasteiger charge is 2.21. The quantitative estimate of drug-likeness (QED) is 0.758. The minimum Gasteiger partial charge on any atom is -0.423 e. The van der Waals surface area contributed by atoms with Crippen molar-refractivity contribution in [3.8, 4) is 0 Å². The molecule has 0 spiro atoms. The molecule has 98 valence electrons. The lowest BCUT2D eigenvalue weighted by atomic mass is 9.76. The molecule has 0 aromatic heterocycles. The fourth-order valence-electron chi connectivity index (χ4n) is 2.42. The summed E-state index contributed by atoms with van der Waals surface area (Å²) >= 11 is 0.